The van der Waals surface area contributed by atoms with Gasteiger partial charge in [-0.05, 0) is 23.6 Å². The third kappa shape index (κ3) is 4.12. The second kappa shape index (κ2) is 7.70. The zero-order chi connectivity index (χ0) is 20.3. The third-order valence-corrected chi connectivity index (χ3v) is 3.84. The summed E-state index contributed by atoms with van der Waals surface area (Å²) >= 11 is 0. The molecule has 0 saturated heterocycles. The number of carboxylic acids is 2. The van der Waals surface area contributed by atoms with E-state index in [0.29, 0.717) is 5.56 Å². The molecular formula is C17H17N3O7. The third-order valence-electron chi connectivity index (χ3n) is 3.84. The average Bonchev–Trinajstić information content (AvgIpc) is 2.72. The molecular weight excluding hydrogens is 358 g/mol. The summed E-state index contributed by atoms with van der Waals surface area (Å²) in [6.07, 6.45) is -1.17. The van der Waals surface area contributed by atoms with Crippen LogP contribution in [-0.4, -0.2) is 40.1 Å². The van der Waals surface area contributed by atoms with Gasteiger partial charge >= 0.3 is 11.9 Å². The Hall–Kier alpha value is -3.66. The molecule has 0 heterocycles. The van der Waals surface area contributed by atoms with Crippen LogP contribution in [0.1, 0.15) is 33.2 Å². The fourth-order valence-corrected chi connectivity index (χ4v) is 2.48. The second-order valence-corrected chi connectivity index (χ2v) is 5.71. The molecule has 2 rings (SSSR count). The first kappa shape index (κ1) is 19.7. The van der Waals surface area contributed by atoms with Gasteiger partial charge in [-0.1, -0.05) is 24.3 Å². The first-order valence-corrected chi connectivity index (χ1v) is 7.68. The van der Waals surface area contributed by atoms with Crippen molar-refractivity contribution in [3.8, 4) is 11.1 Å². The van der Waals surface area contributed by atoms with E-state index in [1.54, 1.807) is 0 Å². The molecule has 0 aromatic heterocycles. The molecule has 0 radical (unpaired) electrons. The summed E-state index contributed by atoms with van der Waals surface area (Å²) in [6, 6.07) is 5.71. The highest BCUT2D eigenvalue weighted by Crippen LogP contribution is 2.38. The van der Waals surface area contributed by atoms with Crippen LogP contribution in [0.2, 0.25) is 0 Å². The molecule has 1 unspecified atom stereocenters. The van der Waals surface area contributed by atoms with Crippen molar-refractivity contribution in [1.29, 1.82) is 0 Å². The first-order valence-electron chi connectivity index (χ1n) is 7.68. The standard InChI is InChI=1S/C17H17N3O7/c1-7(15(19)22)27-20-11(21)6-8-2-4-9-10(5-3-8)13(17(25)26)14(18)12(9)16(23)24/h2-5,7H,6,18H2,1H3,(H2,19,22)(H,20,21)(H,23,24)(H,25,26). The van der Waals surface area contributed by atoms with Gasteiger partial charge in [0.2, 0.25) is 11.8 Å². The fraction of sp³-hybridized carbons (Fsp3) is 0.176. The van der Waals surface area contributed by atoms with Crippen LogP contribution in [0.5, 0.6) is 0 Å². The van der Waals surface area contributed by atoms with E-state index in [2.05, 4.69) is 5.48 Å². The number of nitrogen functional groups attached to an aromatic ring is 1. The maximum atomic E-state index is 11.9. The number of carboxylic acid groups (broad SMARTS) is 2. The number of hydrogen-bond donors (Lipinski definition) is 5. The summed E-state index contributed by atoms with van der Waals surface area (Å²) in [5.74, 6) is -4.04. The number of nitrogens with one attached hydrogen (secondary N) is 1. The predicted octanol–water partition coefficient (Wildman–Crippen LogP) is 0.234. The molecule has 2 aliphatic carbocycles. The van der Waals surface area contributed by atoms with Gasteiger partial charge in [-0.3, -0.25) is 14.4 Å². The zero-order valence-corrected chi connectivity index (χ0v) is 14.2. The molecule has 7 N–H and O–H groups in total. The molecule has 0 aromatic carbocycles. The van der Waals surface area contributed by atoms with E-state index in [1.807, 2.05) is 0 Å². The van der Waals surface area contributed by atoms with Crippen molar-refractivity contribution < 1.29 is 34.2 Å². The van der Waals surface area contributed by atoms with Gasteiger partial charge in [-0.25, -0.2) is 15.1 Å². The topological polar surface area (TPSA) is 182 Å². The van der Waals surface area contributed by atoms with Crippen LogP contribution in [0.3, 0.4) is 0 Å². The SMILES string of the molecule is CC(ONC(=O)Cc1ccc2c(C(=O)O)c(N)c(C(=O)O)c-2cc1)C(N)=O. The van der Waals surface area contributed by atoms with E-state index in [0.717, 1.165) is 0 Å². The van der Waals surface area contributed by atoms with Crippen molar-refractivity contribution in [2.45, 2.75) is 19.4 Å². The Kier molecular flexibility index (Phi) is 5.61. The van der Waals surface area contributed by atoms with Crippen LogP contribution in [0.25, 0.3) is 11.1 Å². The van der Waals surface area contributed by atoms with Crippen molar-refractivity contribution in [3.63, 3.8) is 0 Å². The number of aromatic carboxylic acids is 2. The molecule has 0 fully saturated rings. The van der Waals surface area contributed by atoms with Gasteiger partial charge in [-0.15, -0.1) is 0 Å². The highest BCUT2D eigenvalue weighted by molar-refractivity contribution is 6.14. The fourth-order valence-electron chi connectivity index (χ4n) is 2.48. The lowest BCUT2D eigenvalue weighted by atomic mass is 10.1. The van der Waals surface area contributed by atoms with Gasteiger partial charge < -0.3 is 21.7 Å². The van der Waals surface area contributed by atoms with Crippen molar-refractivity contribution >= 4 is 29.4 Å². The Balaban J connectivity index is 2.33. The van der Waals surface area contributed by atoms with Gasteiger partial charge in [0.25, 0.3) is 0 Å². The van der Waals surface area contributed by atoms with E-state index in [4.69, 9.17) is 16.3 Å². The molecule has 142 valence electrons. The van der Waals surface area contributed by atoms with Gasteiger partial charge in [0.05, 0.1) is 23.2 Å². The van der Waals surface area contributed by atoms with Crippen LogP contribution in [0.15, 0.2) is 24.3 Å². The first-order chi connectivity index (χ1) is 12.6. The Morgan fingerprint density at radius 3 is 1.93 bits per heavy atom. The molecule has 0 bridgehead atoms. The normalized spacial score (nSPS) is 11.7. The van der Waals surface area contributed by atoms with Crippen molar-refractivity contribution in [2.75, 3.05) is 5.73 Å². The lowest BCUT2D eigenvalue weighted by Crippen LogP contribution is -2.36. The monoisotopic (exact) mass is 375 g/mol. The number of primary amides is 1. The maximum Gasteiger partial charge on any atom is 0.338 e. The molecule has 1 atom stereocenters. The Morgan fingerprint density at radius 2 is 1.52 bits per heavy atom. The smallest absolute Gasteiger partial charge is 0.338 e. The quantitative estimate of drug-likeness (QED) is 0.426. The molecule has 10 heteroatoms. The molecule has 0 aliphatic heterocycles. The van der Waals surface area contributed by atoms with E-state index in [9.17, 15) is 29.4 Å². The number of nitrogens with two attached hydrogens (primary N) is 2. The number of anilines is 1. The molecule has 2 amide bonds. The van der Waals surface area contributed by atoms with Gasteiger partial charge in [0, 0.05) is 0 Å². The molecule has 0 aromatic rings. The number of fused-ring (bicyclic) bond motifs is 1. The maximum absolute atomic E-state index is 11.9. The summed E-state index contributed by atoms with van der Waals surface area (Å²) in [5, 5.41) is 18.7. The number of rotatable bonds is 7. The van der Waals surface area contributed by atoms with Crippen LogP contribution < -0.4 is 16.9 Å². The van der Waals surface area contributed by atoms with Gasteiger partial charge in [0.1, 0.15) is 0 Å². The van der Waals surface area contributed by atoms with Gasteiger partial charge in [0.15, 0.2) is 6.10 Å². The Morgan fingerprint density at radius 1 is 1.04 bits per heavy atom. The summed E-state index contributed by atoms with van der Waals surface area (Å²) in [6.45, 7) is 1.36. The molecule has 10 nitrogen and oxygen atoms in total. The summed E-state index contributed by atoms with van der Waals surface area (Å²) < 4.78 is 0. The lowest BCUT2D eigenvalue weighted by molar-refractivity contribution is -0.144. The number of carbonyl (C=O) groups is 4. The Bertz CT molecular complexity index is 858. The van der Waals surface area contributed by atoms with Crippen LogP contribution in [-0.2, 0) is 20.8 Å². The molecule has 2 aliphatic rings. The van der Waals surface area contributed by atoms with Crippen molar-refractivity contribution in [3.05, 3.63) is 41.0 Å². The number of hydroxylamine groups is 1. The number of carbonyl (C=O) groups excluding carboxylic acids is 2. The van der Waals surface area contributed by atoms with Crippen molar-refractivity contribution in [1.82, 2.24) is 5.48 Å². The molecule has 0 saturated carbocycles. The second-order valence-electron chi connectivity index (χ2n) is 5.71. The average molecular weight is 375 g/mol. The van der Waals surface area contributed by atoms with Crippen molar-refractivity contribution in [2.24, 2.45) is 5.73 Å². The lowest BCUT2D eigenvalue weighted by Gasteiger charge is -2.09. The Labute approximate surface area is 153 Å². The minimum atomic E-state index is -1.36. The van der Waals surface area contributed by atoms with Gasteiger partial charge in [-0.2, -0.15) is 0 Å². The van der Waals surface area contributed by atoms with Crippen LogP contribution in [0.4, 0.5) is 5.69 Å². The summed E-state index contributed by atoms with van der Waals surface area (Å²) in [5.41, 5.74) is 12.6. The van der Waals surface area contributed by atoms with Crippen LogP contribution >= 0.6 is 0 Å². The minimum Gasteiger partial charge on any atom is -0.478 e. The number of hydrogen-bond acceptors (Lipinski definition) is 6. The van der Waals surface area contributed by atoms with E-state index in [-0.39, 0.29) is 34.4 Å². The predicted molar refractivity (Wildman–Crippen MR) is 93.0 cm³/mol. The molecule has 27 heavy (non-hydrogen) atoms. The highest BCUT2D eigenvalue weighted by Gasteiger charge is 2.28. The largest absolute Gasteiger partial charge is 0.478 e. The van der Waals surface area contributed by atoms with E-state index < -0.39 is 29.9 Å². The number of amides is 2. The van der Waals surface area contributed by atoms with E-state index >= 15 is 0 Å². The molecule has 0 spiro atoms. The highest BCUT2D eigenvalue weighted by atomic mass is 16.7. The van der Waals surface area contributed by atoms with E-state index in [1.165, 1.54) is 31.2 Å². The summed E-state index contributed by atoms with van der Waals surface area (Å²) in [4.78, 5) is 50.4. The zero-order valence-electron chi connectivity index (χ0n) is 14.2. The summed E-state index contributed by atoms with van der Waals surface area (Å²) in [7, 11) is 0. The van der Waals surface area contributed by atoms with Crippen LogP contribution in [0, 0.1) is 0 Å². The minimum absolute atomic E-state index is 0.141.